The number of nitrogens with zero attached hydrogens (tertiary/aromatic N) is 1. The van der Waals surface area contributed by atoms with Gasteiger partial charge in [0.15, 0.2) is 0 Å². The molecule has 5 rings (SSSR count). The largest absolute Gasteiger partial charge is 0.497 e. The van der Waals surface area contributed by atoms with Crippen LogP contribution in [0.4, 0.5) is 5.69 Å². The lowest BCUT2D eigenvalue weighted by atomic mass is 9.76. The molecule has 3 amide bonds. The van der Waals surface area contributed by atoms with Crippen LogP contribution in [-0.4, -0.2) is 47.0 Å². The minimum atomic E-state index is -1.38. The van der Waals surface area contributed by atoms with E-state index in [9.17, 15) is 19.5 Å². The second kappa shape index (κ2) is 6.90. The van der Waals surface area contributed by atoms with Gasteiger partial charge in [-0.05, 0) is 30.7 Å². The first-order chi connectivity index (χ1) is 14.9. The maximum Gasteiger partial charge on any atom is 0.250 e. The third-order valence-electron chi connectivity index (χ3n) is 6.67. The summed E-state index contributed by atoms with van der Waals surface area (Å²) in [5.41, 5.74) is 0.628. The van der Waals surface area contributed by atoms with Gasteiger partial charge in [-0.3, -0.25) is 24.6 Å². The van der Waals surface area contributed by atoms with Crippen molar-refractivity contribution >= 4 is 23.4 Å². The summed E-state index contributed by atoms with van der Waals surface area (Å²) in [6.45, 7) is 1.66. The normalized spacial score (nSPS) is 29.8. The molecule has 0 radical (unpaired) electrons. The minimum Gasteiger partial charge on any atom is -0.497 e. The Morgan fingerprint density at radius 2 is 1.81 bits per heavy atom. The van der Waals surface area contributed by atoms with Gasteiger partial charge in [0.05, 0.1) is 31.6 Å². The highest BCUT2D eigenvalue weighted by atomic mass is 16.5. The average molecular weight is 421 g/mol. The summed E-state index contributed by atoms with van der Waals surface area (Å²) < 4.78 is 5.16. The van der Waals surface area contributed by atoms with E-state index in [4.69, 9.17) is 4.74 Å². The Morgan fingerprint density at radius 1 is 1.10 bits per heavy atom. The zero-order valence-electron chi connectivity index (χ0n) is 17.2. The van der Waals surface area contributed by atoms with Gasteiger partial charge >= 0.3 is 0 Å². The van der Waals surface area contributed by atoms with E-state index in [2.05, 4.69) is 10.6 Å². The van der Waals surface area contributed by atoms with Crippen LogP contribution in [0, 0.1) is 11.8 Å². The van der Waals surface area contributed by atoms with Crippen LogP contribution in [0.2, 0.25) is 0 Å². The number of hydrogen-bond donors (Lipinski definition) is 3. The molecule has 0 aromatic heterocycles. The van der Waals surface area contributed by atoms with Gasteiger partial charge in [0, 0.05) is 17.3 Å². The number of rotatable bonds is 4. The fourth-order valence-corrected chi connectivity index (χ4v) is 5.23. The van der Waals surface area contributed by atoms with E-state index in [1.54, 1.807) is 62.6 Å². The Hall–Kier alpha value is -3.23. The number of fused-ring (bicyclic) bond motifs is 4. The van der Waals surface area contributed by atoms with Crippen molar-refractivity contribution < 1.29 is 24.2 Å². The monoisotopic (exact) mass is 421 g/mol. The lowest BCUT2D eigenvalue weighted by molar-refractivity contribution is -0.143. The predicted molar refractivity (Wildman–Crippen MR) is 111 cm³/mol. The van der Waals surface area contributed by atoms with Crippen molar-refractivity contribution in [2.75, 3.05) is 12.4 Å². The molecule has 31 heavy (non-hydrogen) atoms. The highest BCUT2D eigenvalue weighted by molar-refractivity contribution is 6.15. The first kappa shape index (κ1) is 19.7. The number of nitrogens with one attached hydrogen (secondary N) is 2. The topological polar surface area (TPSA) is 108 Å². The first-order valence-corrected chi connectivity index (χ1v) is 10.2. The molecule has 0 bridgehead atoms. The van der Waals surface area contributed by atoms with Crippen LogP contribution in [0.5, 0.6) is 5.75 Å². The number of imide groups is 1. The highest BCUT2D eigenvalue weighted by Gasteiger charge is 2.70. The number of ether oxygens (including phenoxy) is 1. The quantitative estimate of drug-likeness (QED) is 0.636. The number of hydrogen-bond acceptors (Lipinski definition) is 6. The molecule has 8 heteroatoms. The molecule has 3 aliphatic rings. The van der Waals surface area contributed by atoms with Gasteiger partial charge in [-0.15, -0.1) is 0 Å². The molecule has 0 unspecified atom stereocenters. The van der Waals surface area contributed by atoms with E-state index < -0.39 is 35.4 Å². The Morgan fingerprint density at radius 3 is 2.48 bits per heavy atom. The van der Waals surface area contributed by atoms with E-state index >= 15 is 0 Å². The van der Waals surface area contributed by atoms with Crippen molar-refractivity contribution in [3.8, 4) is 5.75 Å². The van der Waals surface area contributed by atoms with Crippen LogP contribution >= 0.6 is 0 Å². The van der Waals surface area contributed by atoms with Gasteiger partial charge in [-0.25, -0.2) is 0 Å². The number of benzene rings is 2. The maximum atomic E-state index is 13.6. The number of amides is 3. The number of anilines is 1. The number of aliphatic hydroxyl groups excluding tert-OH is 1. The van der Waals surface area contributed by atoms with Crippen molar-refractivity contribution in [3.63, 3.8) is 0 Å². The highest BCUT2D eigenvalue weighted by Crippen LogP contribution is 2.53. The van der Waals surface area contributed by atoms with Gasteiger partial charge < -0.3 is 15.2 Å². The molecule has 2 saturated heterocycles. The number of carbonyl (C=O) groups excluding carboxylic acids is 3. The van der Waals surface area contributed by atoms with E-state index in [1.165, 1.54) is 4.90 Å². The second-order valence-electron chi connectivity index (χ2n) is 8.33. The van der Waals surface area contributed by atoms with Crippen molar-refractivity contribution in [3.05, 3.63) is 59.7 Å². The Kier molecular flexibility index (Phi) is 4.39. The Labute approximate surface area is 179 Å². The summed E-state index contributed by atoms with van der Waals surface area (Å²) in [6, 6.07) is 13.6. The third kappa shape index (κ3) is 2.65. The van der Waals surface area contributed by atoms with Crippen molar-refractivity contribution in [2.24, 2.45) is 11.8 Å². The summed E-state index contributed by atoms with van der Waals surface area (Å²) in [4.78, 5) is 41.4. The molecule has 3 N–H and O–H groups in total. The smallest absolute Gasteiger partial charge is 0.250 e. The summed E-state index contributed by atoms with van der Waals surface area (Å²) >= 11 is 0. The van der Waals surface area contributed by atoms with Crippen LogP contribution in [0.3, 0.4) is 0 Å². The van der Waals surface area contributed by atoms with Gasteiger partial charge in [-0.1, -0.05) is 30.3 Å². The minimum absolute atomic E-state index is 0.0978. The molecular formula is C23H23N3O5. The van der Waals surface area contributed by atoms with Gasteiger partial charge in [-0.2, -0.15) is 0 Å². The molecule has 0 aliphatic carbocycles. The number of methoxy groups -OCH3 is 1. The molecular weight excluding hydrogens is 398 g/mol. The van der Waals surface area contributed by atoms with Crippen molar-refractivity contribution in [2.45, 2.75) is 31.2 Å². The zero-order chi connectivity index (χ0) is 21.9. The summed E-state index contributed by atoms with van der Waals surface area (Å²) in [6.07, 6.45) is -0.926. The number of para-hydroxylation sites is 1. The van der Waals surface area contributed by atoms with Gasteiger partial charge in [0.25, 0.3) is 0 Å². The van der Waals surface area contributed by atoms with E-state index in [1.807, 2.05) is 0 Å². The van der Waals surface area contributed by atoms with Gasteiger partial charge in [0.2, 0.25) is 17.7 Å². The second-order valence-corrected chi connectivity index (χ2v) is 8.33. The standard InChI is InChI=1S/C23H23N3O5/c1-12(27)19-17-18(23(25-19)15-5-3-4-6-16(15)24-22(23)30)21(29)26(20(17)28)11-13-7-9-14(31-2)10-8-13/h3-10,12,17-19,25,27H,11H2,1-2H3,(H,24,30)/t12-,17-,18+,19-,23+/m1/s1. The predicted octanol–water partition coefficient (Wildman–Crippen LogP) is 0.997. The molecule has 2 fully saturated rings. The lowest BCUT2D eigenvalue weighted by Crippen LogP contribution is -2.54. The average Bonchev–Trinajstić information content (AvgIpc) is 3.35. The number of likely N-dealkylation sites (tertiary alicyclic amines) is 1. The molecule has 3 aliphatic heterocycles. The number of carbonyl (C=O) groups is 3. The van der Waals surface area contributed by atoms with E-state index in [-0.39, 0.29) is 18.4 Å². The van der Waals surface area contributed by atoms with Crippen LogP contribution in [0.1, 0.15) is 18.1 Å². The fraction of sp³-hybridized carbons (Fsp3) is 0.348. The van der Waals surface area contributed by atoms with Crippen molar-refractivity contribution in [1.82, 2.24) is 10.2 Å². The molecule has 1 spiro atoms. The molecule has 160 valence electrons. The Bertz CT molecular complexity index is 1080. The molecule has 2 aromatic rings. The summed E-state index contributed by atoms with van der Waals surface area (Å²) in [5, 5.41) is 16.4. The summed E-state index contributed by atoms with van der Waals surface area (Å²) in [7, 11) is 1.57. The Balaban J connectivity index is 1.56. The van der Waals surface area contributed by atoms with Crippen LogP contribution in [-0.2, 0) is 26.5 Å². The molecule has 0 saturated carbocycles. The van der Waals surface area contributed by atoms with E-state index in [0.29, 0.717) is 17.0 Å². The van der Waals surface area contributed by atoms with Crippen LogP contribution < -0.4 is 15.4 Å². The van der Waals surface area contributed by atoms with Crippen LogP contribution in [0.15, 0.2) is 48.5 Å². The maximum absolute atomic E-state index is 13.6. The molecule has 2 aromatic carbocycles. The number of aliphatic hydroxyl groups is 1. The lowest BCUT2D eigenvalue weighted by Gasteiger charge is -2.30. The molecule has 8 nitrogen and oxygen atoms in total. The molecule has 5 atom stereocenters. The van der Waals surface area contributed by atoms with E-state index in [0.717, 1.165) is 5.56 Å². The van der Waals surface area contributed by atoms with Crippen molar-refractivity contribution in [1.29, 1.82) is 0 Å². The van der Waals surface area contributed by atoms with Gasteiger partial charge in [0.1, 0.15) is 11.3 Å². The zero-order valence-corrected chi connectivity index (χ0v) is 17.2. The van der Waals surface area contributed by atoms with Crippen LogP contribution in [0.25, 0.3) is 0 Å². The SMILES string of the molecule is COc1ccc(CN2C(=O)[C@H]3[C@@H]([C@@H](C)O)N[C@]4(C(=O)Nc5ccccc54)[C@@H]3C2=O)cc1. The third-order valence-corrected chi connectivity index (χ3v) is 6.67. The first-order valence-electron chi connectivity index (χ1n) is 10.2. The summed E-state index contributed by atoms with van der Waals surface area (Å²) in [5.74, 6) is -2.24. The fourth-order valence-electron chi connectivity index (χ4n) is 5.23. The molecule has 3 heterocycles.